The number of halogens is 1. The Labute approximate surface area is 130 Å². The van der Waals surface area contributed by atoms with Crippen LogP contribution in [0.15, 0.2) is 29.2 Å². The smallest absolute Gasteiger partial charge is 0.235 e. The molecule has 1 heterocycles. The van der Waals surface area contributed by atoms with Crippen LogP contribution in [0.5, 0.6) is 0 Å². The molecule has 1 saturated heterocycles. The number of amides is 1. The SMILES string of the molecule is CC1CNCCC1NC(=O)CS(=O)(=O)c1ccc(Cl)cc1. The van der Waals surface area contributed by atoms with Gasteiger partial charge in [0.15, 0.2) is 9.84 Å². The standard InChI is InChI=1S/C14H19ClN2O3S/c1-10-8-16-7-6-13(10)17-14(18)9-21(19,20)12-4-2-11(15)3-5-12/h2-5,10,13,16H,6-9H2,1H3,(H,17,18). The van der Waals surface area contributed by atoms with Crippen LogP contribution in [-0.4, -0.2) is 39.2 Å². The average molecular weight is 331 g/mol. The van der Waals surface area contributed by atoms with Crippen LogP contribution in [0.1, 0.15) is 13.3 Å². The largest absolute Gasteiger partial charge is 0.352 e. The van der Waals surface area contributed by atoms with E-state index in [1.807, 2.05) is 6.92 Å². The summed E-state index contributed by atoms with van der Waals surface area (Å²) in [5, 5.41) is 6.52. The minimum Gasteiger partial charge on any atom is -0.352 e. The van der Waals surface area contributed by atoms with Crippen molar-refractivity contribution in [2.24, 2.45) is 5.92 Å². The normalized spacial score (nSPS) is 22.8. The van der Waals surface area contributed by atoms with E-state index in [0.717, 1.165) is 19.5 Å². The number of hydrogen-bond donors (Lipinski definition) is 2. The predicted octanol–water partition coefficient (Wildman–Crippen LogP) is 1.23. The topological polar surface area (TPSA) is 75.3 Å². The van der Waals surface area contributed by atoms with Gasteiger partial charge in [0.2, 0.25) is 5.91 Å². The third kappa shape index (κ3) is 4.43. The van der Waals surface area contributed by atoms with E-state index >= 15 is 0 Å². The lowest BCUT2D eigenvalue weighted by Crippen LogP contribution is -2.49. The van der Waals surface area contributed by atoms with Crippen LogP contribution in [0.4, 0.5) is 0 Å². The van der Waals surface area contributed by atoms with Gasteiger partial charge in [0.05, 0.1) is 4.90 Å². The van der Waals surface area contributed by atoms with Gasteiger partial charge in [0.1, 0.15) is 5.75 Å². The van der Waals surface area contributed by atoms with Gasteiger partial charge < -0.3 is 10.6 Å². The highest BCUT2D eigenvalue weighted by atomic mass is 35.5. The van der Waals surface area contributed by atoms with E-state index in [-0.39, 0.29) is 10.9 Å². The molecule has 1 aliphatic heterocycles. The molecule has 0 saturated carbocycles. The maximum atomic E-state index is 12.2. The highest BCUT2D eigenvalue weighted by Gasteiger charge is 2.25. The van der Waals surface area contributed by atoms with Crippen molar-refractivity contribution >= 4 is 27.3 Å². The van der Waals surface area contributed by atoms with Crippen molar-refractivity contribution in [3.63, 3.8) is 0 Å². The molecule has 2 atom stereocenters. The maximum Gasteiger partial charge on any atom is 0.235 e. The van der Waals surface area contributed by atoms with Crippen molar-refractivity contribution in [3.05, 3.63) is 29.3 Å². The number of piperidine rings is 1. The molecule has 116 valence electrons. The molecule has 2 N–H and O–H groups in total. The molecule has 1 aliphatic rings. The summed E-state index contributed by atoms with van der Waals surface area (Å²) in [4.78, 5) is 12.1. The zero-order chi connectivity index (χ0) is 15.5. The van der Waals surface area contributed by atoms with Crippen LogP contribution >= 0.6 is 11.6 Å². The van der Waals surface area contributed by atoms with Crippen molar-refractivity contribution in [2.45, 2.75) is 24.3 Å². The third-order valence-corrected chi connectivity index (χ3v) is 5.51. The molecule has 0 spiro atoms. The van der Waals surface area contributed by atoms with Gasteiger partial charge in [0.25, 0.3) is 0 Å². The second-order valence-electron chi connectivity index (χ2n) is 5.36. The van der Waals surface area contributed by atoms with E-state index < -0.39 is 21.5 Å². The van der Waals surface area contributed by atoms with Crippen molar-refractivity contribution in [1.82, 2.24) is 10.6 Å². The van der Waals surface area contributed by atoms with Crippen LogP contribution in [-0.2, 0) is 14.6 Å². The molecule has 1 fully saturated rings. The number of hydrogen-bond acceptors (Lipinski definition) is 4. The fourth-order valence-corrected chi connectivity index (χ4v) is 3.65. The first-order valence-electron chi connectivity index (χ1n) is 6.87. The van der Waals surface area contributed by atoms with E-state index in [4.69, 9.17) is 11.6 Å². The monoisotopic (exact) mass is 330 g/mol. The summed E-state index contributed by atoms with van der Waals surface area (Å²) >= 11 is 5.73. The second-order valence-corrected chi connectivity index (χ2v) is 7.78. The van der Waals surface area contributed by atoms with Gasteiger partial charge >= 0.3 is 0 Å². The van der Waals surface area contributed by atoms with Gasteiger partial charge in [0, 0.05) is 11.1 Å². The summed E-state index contributed by atoms with van der Waals surface area (Å²) in [5.41, 5.74) is 0. The van der Waals surface area contributed by atoms with Gasteiger partial charge in [-0.3, -0.25) is 4.79 Å². The van der Waals surface area contributed by atoms with E-state index in [1.54, 1.807) is 0 Å². The number of carbonyl (C=O) groups is 1. The first-order valence-corrected chi connectivity index (χ1v) is 8.90. The van der Waals surface area contributed by atoms with Gasteiger partial charge in [-0.05, 0) is 49.7 Å². The minimum absolute atomic E-state index is 0.0270. The lowest BCUT2D eigenvalue weighted by molar-refractivity contribution is -0.119. The molecule has 1 amide bonds. The number of carbonyl (C=O) groups excluding carboxylic acids is 1. The van der Waals surface area contributed by atoms with Crippen LogP contribution < -0.4 is 10.6 Å². The second kappa shape index (κ2) is 6.77. The molecular formula is C14H19ClN2O3S. The number of rotatable bonds is 4. The molecule has 5 nitrogen and oxygen atoms in total. The predicted molar refractivity (Wildman–Crippen MR) is 82.1 cm³/mol. The van der Waals surface area contributed by atoms with Crippen molar-refractivity contribution in [2.75, 3.05) is 18.8 Å². The molecular weight excluding hydrogens is 312 g/mol. The van der Waals surface area contributed by atoms with Gasteiger partial charge in [-0.1, -0.05) is 18.5 Å². The average Bonchev–Trinajstić information content (AvgIpc) is 2.41. The molecule has 0 aromatic heterocycles. The van der Waals surface area contributed by atoms with Crippen LogP contribution in [0, 0.1) is 5.92 Å². The number of nitrogens with one attached hydrogen (secondary N) is 2. The molecule has 0 aliphatic carbocycles. The summed E-state index contributed by atoms with van der Waals surface area (Å²) in [7, 11) is -3.63. The third-order valence-electron chi connectivity index (χ3n) is 3.63. The van der Waals surface area contributed by atoms with Crippen molar-refractivity contribution in [3.8, 4) is 0 Å². The number of benzene rings is 1. The Morgan fingerprint density at radius 3 is 2.67 bits per heavy atom. The Kier molecular flexibility index (Phi) is 5.24. The first-order chi connectivity index (χ1) is 9.88. The zero-order valence-corrected chi connectivity index (χ0v) is 13.4. The summed E-state index contributed by atoms with van der Waals surface area (Å²) in [6.07, 6.45) is 0.813. The summed E-state index contributed by atoms with van der Waals surface area (Å²) in [6, 6.07) is 5.86. The maximum absolute atomic E-state index is 12.2. The molecule has 0 radical (unpaired) electrons. The highest BCUT2D eigenvalue weighted by Crippen LogP contribution is 2.16. The molecule has 1 aromatic rings. The summed E-state index contributed by atoms with van der Waals surface area (Å²) < 4.78 is 24.3. The van der Waals surface area contributed by atoms with E-state index in [0.29, 0.717) is 10.9 Å². The van der Waals surface area contributed by atoms with E-state index in [2.05, 4.69) is 10.6 Å². The van der Waals surface area contributed by atoms with Crippen molar-refractivity contribution < 1.29 is 13.2 Å². The van der Waals surface area contributed by atoms with Gasteiger partial charge in [-0.25, -0.2) is 8.42 Å². The van der Waals surface area contributed by atoms with Crippen LogP contribution in [0.25, 0.3) is 0 Å². The molecule has 0 bridgehead atoms. The molecule has 2 unspecified atom stereocenters. The fraction of sp³-hybridized carbons (Fsp3) is 0.500. The van der Waals surface area contributed by atoms with Crippen LogP contribution in [0.2, 0.25) is 5.02 Å². The Hall–Kier alpha value is -1.11. The Bertz CT molecular complexity index is 601. The molecule has 1 aromatic carbocycles. The van der Waals surface area contributed by atoms with Gasteiger partial charge in [-0.2, -0.15) is 0 Å². The molecule has 2 rings (SSSR count). The summed E-state index contributed by atoms with van der Waals surface area (Å²) in [5.74, 6) is -0.699. The zero-order valence-electron chi connectivity index (χ0n) is 11.8. The lowest BCUT2D eigenvalue weighted by atomic mass is 9.95. The summed E-state index contributed by atoms with van der Waals surface area (Å²) in [6.45, 7) is 3.69. The van der Waals surface area contributed by atoms with E-state index in [9.17, 15) is 13.2 Å². The lowest BCUT2D eigenvalue weighted by Gasteiger charge is -2.30. The van der Waals surface area contributed by atoms with E-state index in [1.165, 1.54) is 24.3 Å². The Morgan fingerprint density at radius 1 is 1.38 bits per heavy atom. The molecule has 21 heavy (non-hydrogen) atoms. The van der Waals surface area contributed by atoms with Crippen molar-refractivity contribution in [1.29, 1.82) is 0 Å². The van der Waals surface area contributed by atoms with Gasteiger partial charge in [-0.15, -0.1) is 0 Å². The highest BCUT2D eigenvalue weighted by molar-refractivity contribution is 7.92. The Balaban J connectivity index is 1.99. The first kappa shape index (κ1) is 16.3. The Morgan fingerprint density at radius 2 is 2.05 bits per heavy atom. The minimum atomic E-state index is -3.63. The fourth-order valence-electron chi connectivity index (χ4n) is 2.37. The van der Waals surface area contributed by atoms with Crippen LogP contribution in [0.3, 0.4) is 0 Å². The molecule has 7 heteroatoms. The number of sulfone groups is 1. The quantitative estimate of drug-likeness (QED) is 0.870.